The highest BCUT2D eigenvalue weighted by Gasteiger charge is 2.05. The summed E-state index contributed by atoms with van der Waals surface area (Å²) in [5.74, 6) is 1.31. The molecule has 0 heterocycles. The van der Waals surface area contributed by atoms with Crippen LogP contribution in [-0.2, 0) is 0 Å². The number of ether oxygens (including phenoxy) is 2. The summed E-state index contributed by atoms with van der Waals surface area (Å²) in [6.07, 6.45) is 3.27. The number of hydrogen-bond acceptors (Lipinski definition) is 3. The van der Waals surface area contributed by atoms with Gasteiger partial charge in [0.05, 0.1) is 14.2 Å². The van der Waals surface area contributed by atoms with Gasteiger partial charge in [-0.1, -0.05) is 28.1 Å². The summed E-state index contributed by atoms with van der Waals surface area (Å²) in [7, 11) is 3.18. The second kappa shape index (κ2) is 7.09. The number of allylic oxidation sites excluding steroid dienone is 1. The predicted octanol–water partition coefficient (Wildman–Crippen LogP) is 4.36. The van der Waals surface area contributed by atoms with E-state index < -0.39 is 0 Å². The number of hydrogen-bond donors (Lipinski definition) is 0. The summed E-state index contributed by atoms with van der Waals surface area (Å²) < 4.78 is 11.3. The van der Waals surface area contributed by atoms with Crippen LogP contribution >= 0.6 is 15.9 Å². The topological polar surface area (TPSA) is 35.5 Å². The lowest BCUT2D eigenvalue weighted by atomic mass is 10.1. The van der Waals surface area contributed by atoms with Crippen LogP contribution in [0.3, 0.4) is 0 Å². The highest BCUT2D eigenvalue weighted by molar-refractivity contribution is 9.10. The molecular formula is C17H15BrO3. The van der Waals surface area contributed by atoms with Crippen molar-refractivity contribution >= 4 is 27.8 Å². The molecule has 0 saturated carbocycles. The van der Waals surface area contributed by atoms with E-state index in [1.54, 1.807) is 38.5 Å². The average Bonchev–Trinajstić information content (AvgIpc) is 2.52. The minimum absolute atomic E-state index is 0.0610. The summed E-state index contributed by atoms with van der Waals surface area (Å²) >= 11 is 3.35. The second-order valence-corrected chi connectivity index (χ2v) is 5.23. The van der Waals surface area contributed by atoms with E-state index >= 15 is 0 Å². The fourth-order valence-corrected chi connectivity index (χ4v) is 2.26. The van der Waals surface area contributed by atoms with Gasteiger partial charge in [-0.3, -0.25) is 4.79 Å². The van der Waals surface area contributed by atoms with E-state index in [1.807, 2.05) is 24.3 Å². The van der Waals surface area contributed by atoms with Crippen LogP contribution in [0.1, 0.15) is 15.9 Å². The molecule has 0 aliphatic rings. The summed E-state index contributed by atoms with van der Waals surface area (Å²) in [4.78, 5) is 12.1. The normalized spacial score (nSPS) is 10.6. The van der Waals surface area contributed by atoms with Crippen molar-refractivity contribution in [3.05, 3.63) is 64.1 Å². The summed E-state index contributed by atoms with van der Waals surface area (Å²) in [6.45, 7) is 0. The first-order chi connectivity index (χ1) is 10.1. The molecule has 108 valence electrons. The standard InChI is InChI=1S/C17H15BrO3/c1-20-15-8-6-12(17(11-15)21-2)7-9-16(19)13-4-3-5-14(18)10-13/h3-11H,1-2H3/b9-7+. The lowest BCUT2D eigenvalue weighted by Gasteiger charge is -2.07. The first-order valence-electron chi connectivity index (χ1n) is 6.34. The van der Waals surface area contributed by atoms with Crippen LogP contribution < -0.4 is 9.47 Å². The lowest BCUT2D eigenvalue weighted by Crippen LogP contribution is -1.94. The third-order valence-electron chi connectivity index (χ3n) is 2.96. The Morgan fingerprint density at radius 3 is 2.57 bits per heavy atom. The summed E-state index contributed by atoms with van der Waals surface area (Å²) in [5, 5.41) is 0. The third kappa shape index (κ3) is 3.95. The molecule has 0 N–H and O–H groups in total. The molecule has 4 heteroatoms. The minimum atomic E-state index is -0.0610. The van der Waals surface area contributed by atoms with Crippen molar-refractivity contribution in [2.45, 2.75) is 0 Å². The van der Waals surface area contributed by atoms with Gasteiger partial charge in [-0.15, -0.1) is 0 Å². The zero-order chi connectivity index (χ0) is 15.2. The highest BCUT2D eigenvalue weighted by Crippen LogP contribution is 2.25. The Morgan fingerprint density at radius 1 is 1.10 bits per heavy atom. The highest BCUT2D eigenvalue weighted by atomic mass is 79.9. The number of halogens is 1. The van der Waals surface area contributed by atoms with Crippen molar-refractivity contribution in [2.75, 3.05) is 14.2 Å². The molecule has 2 aromatic carbocycles. The second-order valence-electron chi connectivity index (χ2n) is 4.32. The van der Waals surface area contributed by atoms with E-state index in [-0.39, 0.29) is 5.78 Å². The molecule has 0 amide bonds. The molecule has 0 fully saturated rings. The fourth-order valence-electron chi connectivity index (χ4n) is 1.86. The van der Waals surface area contributed by atoms with Gasteiger partial charge in [-0.05, 0) is 36.4 Å². The molecule has 0 unspecified atom stereocenters. The molecular weight excluding hydrogens is 332 g/mol. The van der Waals surface area contributed by atoms with Crippen molar-refractivity contribution in [1.29, 1.82) is 0 Å². The average molecular weight is 347 g/mol. The molecule has 0 bridgehead atoms. The Bertz CT molecular complexity index is 677. The third-order valence-corrected chi connectivity index (χ3v) is 3.46. The van der Waals surface area contributed by atoms with Gasteiger partial charge in [0.25, 0.3) is 0 Å². The van der Waals surface area contributed by atoms with Crippen LogP contribution in [-0.4, -0.2) is 20.0 Å². The number of ketones is 1. The van der Waals surface area contributed by atoms with Gasteiger partial charge >= 0.3 is 0 Å². The fraction of sp³-hybridized carbons (Fsp3) is 0.118. The predicted molar refractivity (Wildman–Crippen MR) is 87.1 cm³/mol. The van der Waals surface area contributed by atoms with Crippen molar-refractivity contribution in [1.82, 2.24) is 0 Å². The molecule has 0 saturated heterocycles. The molecule has 0 spiro atoms. The Hall–Kier alpha value is -2.07. The maximum atomic E-state index is 12.1. The molecule has 0 atom stereocenters. The van der Waals surface area contributed by atoms with Crippen molar-refractivity contribution in [2.24, 2.45) is 0 Å². The van der Waals surface area contributed by atoms with Crippen molar-refractivity contribution < 1.29 is 14.3 Å². The van der Waals surface area contributed by atoms with Gasteiger partial charge in [0, 0.05) is 21.7 Å². The maximum absolute atomic E-state index is 12.1. The van der Waals surface area contributed by atoms with Crippen LogP contribution in [0, 0.1) is 0 Å². The molecule has 0 aliphatic carbocycles. The summed E-state index contributed by atoms with van der Waals surface area (Å²) in [6, 6.07) is 12.7. The molecule has 0 radical (unpaired) electrons. The van der Waals surface area contributed by atoms with E-state index in [0.717, 1.165) is 10.0 Å². The smallest absolute Gasteiger partial charge is 0.185 e. The quantitative estimate of drug-likeness (QED) is 0.595. The van der Waals surface area contributed by atoms with E-state index in [1.165, 1.54) is 6.08 Å². The van der Waals surface area contributed by atoms with Crippen LogP contribution in [0.5, 0.6) is 11.5 Å². The molecule has 2 aromatic rings. The zero-order valence-electron chi connectivity index (χ0n) is 11.8. The molecule has 0 aliphatic heterocycles. The number of rotatable bonds is 5. The van der Waals surface area contributed by atoms with Gasteiger partial charge in [0.15, 0.2) is 5.78 Å². The van der Waals surface area contributed by atoms with Gasteiger partial charge in [0.2, 0.25) is 0 Å². The Balaban J connectivity index is 2.23. The van der Waals surface area contributed by atoms with E-state index in [9.17, 15) is 4.79 Å². The SMILES string of the molecule is COc1ccc(/C=C/C(=O)c2cccc(Br)c2)c(OC)c1. The minimum Gasteiger partial charge on any atom is -0.497 e. The molecule has 2 rings (SSSR count). The van der Waals surface area contributed by atoms with E-state index in [4.69, 9.17) is 9.47 Å². The van der Waals surface area contributed by atoms with Gasteiger partial charge in [0.1, 0.15) is 11.5 Å². The van der Waals surface area contributed by atoms with E-state index in [0.29, 0.717) is 17.1 Å². The first kappa shape index (κ1) is 15.3. The van der Waals surface area contributed by atoms with Crippen LogP contribution in [0.4, 0.5) is 0 Å². The Kier molecular flexibility index (Phi) is 5.17. The molecule has 0 aromatic heterocycles. The summed E-state index contributed by atoms with van der Waals surface area (Å²) in [5.41, 5.74) is 1.45. The van der Waals surface area contributed by atoms with E-state index in [2.05, 4.69) is 15.9 Å². The number of carbonyl (C=O) groups is 1. The Morgan fingerprint density at radius 2 is 1.90 bits per heavy atom. The Labute approximate surface area is 132 Å². The van der Waals surface area contributed by atoms with Crippen LogP contribution in [0.25, 0.3) is 6.08 Å². The molecule has 21 heavy (non-hydrogen) atoms. The zero-order valence-corrected chi connectivity index (χ0v) is 13.4. The maximum Gasteiger partial charge on any atom is 0.185 e. The number of benzene rings is 2. The lowest BCUT2D eigenvalue weighted by molar-refractivity contribution is 0.104. The van der Waals surface area contributed by atoms with Gasteiger partial charge < -0.3 is 9.47 Å². The molecule has 3 nitrogen and oxygen atoms in total. The largest absolute Gasteiger partial charge is 0.497 e. The van der Waals surface area contributed by atoms with Crippen LogP contribution in [0.2, 0.25) is 0 Å². The number of methoxy groups -OCH3 is 2. The number of carbonyl (C=O) groups excluding carboxylic acids is 1. The van der Waals surface area contributed by atoms with Crippen molar-refractivity contribution in [3.8, 4) is 11.5 Å². The van der Waals surface area contributed by atoms with Gasteiger partial charge in [-0.25, -0.2) is 0 Å². The van der Waals surface area contributed by atoms with Crippen LogP contribution in [0.15, 0.2) is 53.0 Å². The first-order valence-corrected chi connectivity index (χ1v) is 7.13. The van der Waals surface area contributed by atoms with Gasteiger partial charge in [-0.2, -0.15) is 0 Å². The monoisotopic (exact) mass is 346 g/mol. The van der Waals surface area contributed by atoms with Crippen molar-refractivity contribution in [3.63, 3.8) is 0 Å².